The van der Waals surface area contributed by atoms with Gasteiger partial charge >= 0.3 is 5.97 Å². The van der Waals surface area contributed by atoms with Crippen molar-refractivity contribution in [1.29, 1.82) is 0 Å². The highest BCUT2D eigenvalue weighted by atomic mass is 16.6. The zero-order valence-electron chi connectivity index (χ0n) is 8.91. The second kappa shape index (κ2) is 5.98. The summed E-state index contributed by atoms with van der Waals surface area (Å²) >= 11 is 0. The highest BCUT2D eigenvalue weighted by molar-refractivity contribution is 5.75. The molecule has 0 aromatic rings. The second-order valence-electron chi connectivity index (χ2n) is 3.63. The molecule has 1 aliphatic rings. The molecule has 0 radical (unpaired) electrons. The van der Waals surface area contributed by atoms with Gasteiger partial charge in [0, 0.05) is 6.61 Å². The fraction of sp³-hybridized carbons (Fsp3) is 0.900. The maximum Gasteiger partial charge on any atom is 0.322 e. The molecular weight excluding hydrogens is 182 g/mol. The largest absolute Gasteiger partial charge is 0.462 e. The lowest BCUT2D eigenvalue weighted by Gasteiger charge is -2.22. The minimum Gasteiger partial charge on any atom is -0.462 e. The van der Waals surface area contributed by atoms with Gasteiger partial charge in [0.2, 0.25) is 0 Å². The maximum absolute atomic E-state index is 11.3. The molecule has 4 heteroatoms. The van der Waals surface area contributed by atoms with Crippen molar-refractivity contribution in [3.05, 3.63) is 0 Å². The summed E-state index contributed by atoms with van der Waals surface area (Å²) in [6.07, 6.45) is 3.40. The highest BCUT2D eigenvalue weighted by Gasteiger charge is 2.18. The van der Waals surface area contributed by atoms with Crippen molar-refractivity contribution in [3.63, 3.8) is 0 Å². The van der Waals surface area contributed by atoms with Crippen LogP contribution in [-0.4, -0.2) is 38.4 Å². The molecule has 1 saturated heterocycles. The molecule has 2 atom stereocenters. The SMILES string of the molecule is CNC(C)C(=O)OCC1CCCCO1. The number of esters is 1. The molecule has 1 fully saturated rings. The van der Waals surface area contributed by atoms with Crippen molar-refractivity contribution in [3.8, 4) is 0 Å². The molecule has 0 bridgehead atoms. The normalized spacial score (nSPS) is 24.3. The Labute approximate surface area is 85.0 Å². The number of hydrogen-bond donors (Lipinski definition) is 1. The Kier molecular flexibility index (Phi) is 4.90. The minimum atomic E-state index is -0.237. The molecule has 14 heavy (non-hydrogen) atoms. The fourth-order valence-electron chi connectivity index (χ4n) is 1.36. The van der Waals surface area contributed by atoms with Gasteiger partial charge in [-0.2, -0.15) is 0 Å². The van der Waals surface area contributed by atoms with Crippen molar-refractivity contribution in [2.45, 2.75) is 38.3 Å². The third-order valence-corrected chi connectivity index (χ3v) is 2.47. The fourth-order valence-corrected chi connectivity index (χ4v) is 1.36. The number of ether oxygens (including phenoxy) is 2. The van der Waals surface area contributed by atoms with E-state index in [1.54, 1.807) is 14.0 Å². The van der Waals surface area contributed by atoms with E-state index in [0.717, 1.165) is 19.4 Å². The van der Waals surface area contributed by atoms with Crippen molar-refractivity contribution in [2.24, 2.45) is 0 Å². The Morgan fingerprint density at radius 1 is 1.64 bits per heavy atom. The Morgan fingerprint density at radius 2 is 2.43 bits per heavy atom. The Bertz CT molecular complexity index is 178. The molecule has 0 aromatic heterocycles. The predicted molar refractivity (Wildman–Crippen MR) is 53.1 cm³/mol. The average molecular weight is 201 g/mol. The van der Waals surface area contributed by atoms with Gasteiger partial charge in [-0.25, -0.2) is 0 Å². The molecule has 82 valence electrons. The van der Waals surface area contributed by atoms with Gasteiger partial charge in [-0.05, 0) is 33.2 Å². The second-order valence-corrected chi connectivity index (χ2v) is 3.63. The summed E-state index contributed by atoms with van der Waals surface area (Å²) in [5.74, 6) is -0.207. The molecule has 0 amide bonds. The Balaban J connectivity index is 2.15. The van der Waals surface area contributed by atoms with Crippen molar-refractivity contribution in [1.82, 2.24) is 5.32 Å². The van der Waals surface area contributed by atoms with Gasteiger partial charge in [0.05, 0.1) is 6.10 Å². The first-order valence-corrected chi connectivity index (χ1v) is 5.19. The van der Waals surface area contributed by atoms with E-state index in [0.29, 0.717) is 6.61 Å². The Hall–Kier alpha value is -0.610. The van der Waals surface area contributed by atoms with Crippen LogP contribution >= 0.6 is 0 Å². The van der Waals surface area contributed by atoms with Crippen LogP contribution in [0, 0.1) is 0 Å². The number of carbonyl (C=O) groups excluding carboxylic acids is 1. The summed E-state index contributed by atoms with van der Waals surface area (Å²) in [4.78, 5) is 11.3. The van der Waals surface area contributed by atoms with E-state index in [-0.39, 0.29) is 18.1 Å². The van der Waals surface area contributed by atoms with Crippen LogP contribution in [0.2, 0.25) is 0 Å². The van der Waals surface area contributed by atoms with Gasteiger partial charge in [0.15, 0.2) is 0 Å². The molecule has 0 aromatic carbocycles. The zero-order chi connectivity index (χ0) is 10.4. The van der Waals surface area contributed by atoms with Gasteiger partial charge < -0.3 is 14.8 Å². The third-order valence-electron chi connectivity index (χ3n) is 2.47. The van der Waals surface area contributed by atoms with E-state index in [2.05, 4.69) is 5.32 Å². The Morgan fingerprint density at radius 3 is 3.00 bits per heavy atom. The lowest BCUT2D eigenvalue weighted by Crippen LogP contribution is -2.35. The number of rotatable bonds is 4. The summed E-state index contributed by atoms with van der Waals surface area (Å²) in [5, 5.41) is 2.84. The summed E-state index contributed by atoms with van der Waals surface area (Å²) in [6.45, 7) is 2.97. The van der Waals surface area contributed by atoms with Crippen LogP contribution < -0.4 is 5.32 Å². The van der Waals surface area contributed by atoms with E-state index < -0.39 is 0 Å². The van der Waals surface area contributed by atoms with Crippen LogP contribution in [0.5, 0.6) is 0 Å². The lowest BCUT2D eigenvalue weighted by molar-refractivity contribution is -0.151. The van der Waals surface area contributed by atoms with Crippen LogP contribution in [0.1, 0.15) is 26.2 Å². The molecule has 1 rings (SSSR count). The van der Waals surface area contributed by atoms with Gasteiger partial charge in [-0.15, -0.1) is 0 Å². The molecule has 1 N–H and O–H groups in total. The average Bonchev–Trinajstić information content (AvgIpc) is 2.26. The first-order valence-electron chi connectivity index (χ1n) is 5.19. The van der Waals surface area contributed by atoms with Crippen LogP contribution in [0.15, 0.2) is 0 Å². The van der Waals surface area contributed by atoms with E-state index in [9.17, 15) is 4.79 Å². The van der Waals surface area contributed by atoms with Gasteiger partial charge in [-0.3, -0.25) is 4.79 Å². The number of likely N-dealkylation sites (N-methyl/N-ethyl adjacent to an activating group) is 1. The topological polar surface area (TPSA) is 47.6 Å². The molecule has 4 nitrogen and oxygen atoms in total. The zero-order valence-corrected chi connectivity index (χ0v) is 8.91. The first-order chi connectivity index (χ1) is 6.74. The van der Waals surface area contributed by atoms with E-state index in [1.807, 2.05) is 0 Å². The molecule has 1 heterocycles. The van der Waals surface area contributed by atoms with E-state index >= 15 is 0 Å². The molecule has 1 aliphatic heterocycles. The molecule has 2 unspecified atom stereocenters. The van der Waals surface area contributed by atoms with Crippen molar-refractivity contribution >= 4 is 5.97 Å². The highest BCUT2D eigenvalue weighted by Crippen LogP contribution is 2.12. The smallest absolute Gasteiger partial charge is 0.322 e. The van der Waals surface area contributed by atoms with Crippen molar-refractivity contribution in [2.75, 3.05) is 20.3 Å². The number of nitrogens with one attached hydrogen (secondary N) is 1. The minimum absolute atomic E-state index is 0.108. The quantitative estimate of drug-likeness (QED) is 0.680. The summed E-state index contributed by atoms with van der Waals surface area (Å²) in [7, 11) is 1.74. The van der Waals surface area contributed by atoms with Crippen LogP contribution in [0.4, 0.5) is 0 Å². The summed E-state index contributed by atoms with van der Waals surface area (Å²) < 4.78 is 10.6. The van der Waals surface area contributed by atoms with Crippen LogP contribution in [-0.2, 0) is 14.3 Å². The predicted octanol–water partition coefficient (Wildman–Crippen LogP) is 0.707. The van der Waals surface area contributed by atoms with Crippen LogP contribution in [0.25, 0.3) is 0 Å². The van der Waals surface area contributed by atoms with Crippen LogP contribution in [0.3, 0.4) is 0 Å². The van der Waals surface area contributed by atoms with Gasteiger partial charge in [0.1, 0.15) is 12.6 Å². The lowest BCUT2D eigenvalue weighted by atomic mass is 10.1. The van der Waals surface area contributed by atoms with Gasteiger partial charge in [0.25, 0.3) is 0 Å². The van der Waals surface area contributed by atoms with E-state index in [4.69, 9.17) is 9.47 Å². The maximum atomic E-state index is 11.3. The molecule has 0 saturated carbocycles. The summed E-state index contributed by atoms with van der Waals surface area (Å²) in [6, 6.07) is -0.237. The number of hydrogen-bond acceptors (Lipinski definition) is 4. The third kappa shape index (κ3) is 3.64. The standard InChI is InChI=1S/C10H19NO3/c1-8(11-2)10(12)14-7-9-5-3-4-6-13-9/h8-9,11H,3-7H2,1-2H3. The van der Waals surface area contributed by atoms with Gasteiger partial charge in [-0.1, -0.05) is 0 Å². The molecule has 0 spiro atoms. The molecular formula is C10H19NO3. The molecule has 0 aliphatic carbocycles. The van der Waals surface area contributed by atoms with E-state index in [1.165, 1.54) is 6.42 Å². The monoisotopic (exact) mass is 201 g/mol. The number of carbonyl (C=O) groups is 1. The first kappa shape index (κ1) is 11.5. The summed E-state index contributed by atoms with van der Waals surface area (Å²) in [5.41, 5.74) is 0. The van der Waals surface area contributed by atoms with Crippen molar-refractivity contribution < 1.29 is 14.3 Å².